The lowest BCUT2D eigenvalue weighted by Gasteiger charge is -2.27. The van der Waals surface area contributed by atoms with Gasteiger partial charge in [-0.15, -0.1) is 6.58 Å². The fourth-order valence-electron chi connectivity index (χ4n) is 5.08. The Labute approximate surface area is 244 Å². The van der Waals surface area contributed by atoms with E-state index in [9.17, 15) is 9.59 Å². The van der Waals surface area contributed by atoms with Gasteiger partial charge in [0.1, 0.15) is 5.75 Å². The molecule has 1 aliphatic carbocycles. The summed E-state index contributed by atoms with van der Waals surface area (Å²) in [5.41, 5.74) is 14.9. The van der Waals surface area contributed by atoms with Gasteiger partial charge in [-0.25, -0.2) is 4.79 Å². The van der Waals surface area contributed by atoms with Gasteiger partial charge in [0.15, 0.2) is 0 Å². The molecule has 2 aromatic rings. The van der Waals surface area contributed by atoms with E-state index in [4.69, 9.17) is 25.7 Å². The van der Waals surface area contributed by atoms with E-state index in [2.05, 4.69) is 13.5 Å². The van der Waals surface area contributed by atoms with Crippen molar-refractivity contribution in [1.82, 2.24) is 0 Å². The van der Waals surface area contributed by atoms with Crippen LogP contribution in [0.2, 0.25) is 0 Å². The van der Waals surface area contributed by atoms with E-state index < -0.39 is 5.97 Å². The maximum atomic E-state index is 12.7. The summed E-state index contributed by atoms with van der Waals surface area (Å²) in [6.07, 6.45) is 14.7. The van der Waals surface area contributed by atoms with Gasteiger partial charge in [-0.2, -0.15) is 0 Å². The van der Waals surface area contributed by atoms with Gasteiger partial charge in [0.05, 0.1) is 18.6 Å². The zero-order chi connectivity index (χ0) is 29.5. The van der Waals surface area contributed by atoms with E-state index in [-0.39, 0.29) is 30.5 Å². The molecule has 0 heterocycles. The Morgan fingerprint density at radius 2 is 1.71 bits per heavy atom. The molecule has 1 aliphatic rings. The molecule has 222 valence electrons. The highest BCUT2D eigenvalue weighted by molar-refractivity contribution is 5.87. The number of benzene rings is 2. The number of nitrogen functional groups attached to an aromatic ring is 2. The Morgan fingerprint density at radius 3 is 2.37 bits per heavy atom. The molecule has 7 nitrogen and oxygen atoms in total. The lowest BCUT2D eigenvalue weighted by molar-refractivity contribution is -0.141. The molecule has 4 N–H and O–H groups in total. The topological polar surface area (TPSA) is 114 Å². The second-order valence-electron chi connectivity index (χ2n) is 10.9. The largest absolute Gasteiger partial charge is 0.462 e. The summed E-state index contributed by atoms with van der Waals surface area (Å²) in [6.45, 7) is 6.89. The molecule has 2 aromatic carbocycles. The number of esters is 2. The van der Waals surface area contributed by atoms with Crippen LogP contribution in [-0.2, 0) is 19.1 Å². The molecule has 1 unspecified atom stereocenters. The minimum absolute atomic E-state index is 0.0297. The molecule has 0 saturated heterocycles. The van der Waals surface area contributed by atoms with E-state index in [0.29, 0.717) is 17.1 Å². The third-order valence-electron chi connectivity index (χ3n) is 7.48. The van der Waals surface area contributed by atoms with Crippen LogP contribution in [0.1, 0.15) is 88.2 Å². The zero-order valence-corrected chi connectivity index (χ0v) is 24.4. The molecule has 0 aliphatic heterocycles. The molecule has 0 bridgehead atoms. The maximum absolute atomic E-state index is 12.7. The molecule has 0 spiro atoms. The molecule has 0 amide bonds. The van der Waals surface area contributed by atoms with Crippen molar-refractivity contribution in [1.29, 1.82) is 0 Å². The summed E-state index contributed by atoms with van der Waals surface area (Å²) in [7, 11) is 0. The smallest absolute Gasteiger partial charge is 0.330 e. The Bertz CT molecular complexity index is 1120. The summed E-state index contributed by atoms with van der Waals surface area (Å²) >= 11 is 0. The first-order valence-corrected chi connectivity index (χ1v) is 14.9. The van der Waals surface area contributed by atoms with E-state index in [1.54, 1.807) is 24.3 Å². The predicted molar refractivity (Wildman–Crippen MR) is 165 cm³/mol. The third-order valence-corrected chi connectivity index (χ3v) is 7.48. The first-order chi connectivity index (χ1) is 19.9. The molecule has 41 heavy (non-hydrogen) atoms. The van der Waals surface area contributed by atoms with Crippen molar-refractivity contribution in [2.24, 2.45) is 5.92 Å². The summed E-state index contributed by atoms with van der Waals surface area (Å²) in [5, 5.41) is 0. The fraction of sp³-hybridized carbons (Fsp3) is 0.471. The van der Waals surface area contributed by atoms with Gasteiger partial charge in [0.25, 0.3) is 0 Å². The van der Waals surface area contributed by atoms with E-state index in [1.807, 2.05) is 30.3 Å². The minimum atomic E-state index is -0.421. The normalized spacial score (nSPS) is 17.7. The van der Waals surface area contributed by atoms with Gasteiger partial charge in [-0.3, -0.25) is 4.79 Å². The molecule has 1 fully saturated rings. The van der Waals surface area contributed by atoms with Gasteiger partial charge in [0.2, 0.25) is 0 Å². The summed E-state index contributed by atoms with van der Waals surface area (Å²) in [4.78, 5) is 25.1. The SMILES string of the molecule is C=CCCCCOC1CCC(C(=O)Oc2ccc(C=CC(=O)OCC(CCCC)c3cc(N)cc(N)c3)cc2)CC1. The van der Waals surface area contributed by atoms with Crippen molar-refractivity contribution in [2.45, 2.75) is 83.2 Å². The second-order valence-corrected chi connectivity index (χ2v) is 10.9. The number of nitrogens with two attached hydrogens (primary N) is 2. The van der Waals surface area contributed by atoms with E-state index in [0.717, 1.165) is 81.9 Å². The number of anilines is 2. The summed E-state index contributed by atoms with van der Waals surface area (Å²) in [5.74, 6) is -0.191. The number of carbonyl (C=O) groups excluding carboxylic acids is 2. The average Bonchev–Trinajstić information content (AvgIpc) is 2.96. The molecular formula is C34H46N2O5. The minimum Gasteiger partial charge on any atom is -0.462 e. The Kier molecular flexibility index (Phi) is 13.5. The number of carbonyl (C=O) groups is 2. The first-order valence-electron chi connectivity index (χ1n) is 14.9. The standard InChI is InChI=1S/C34H46N2O5/c1-3-5-7-8-20-39-31-17-13-26(14-18-31)34(38)41-32-15-10-25(11-16-32)12-19-33(37)40-24-27(9-6-4-2)28-21-29(35)23-30(36)22-28/h3,10-12,15-16,19,21-23,26-27,31H,1,4-9,13-14,17-18,20,24,35-36H2,2H3. The highest BCUT2D eigenvalue weighted by atomic mass is 16.5. The number of hydrogen-bond acceptors (Lipinski definition) is 7. The number of allylic oxidation sites excluding steroid dienone is 1. The van der Waals surface area contributed by atoms with Gasteiger partial charge in [0, 0.05) is 30.0 Å². The Hall–Kier alpha value is -3.58. The van der Waals surface area contributed by atoms with Gasteiger partial charge in [-0.05, 0) is 98.9 Å². The Balaban J connectivity index is 1.42. The summed E-state index contributed by atoms with van der Waals surface area (Å²) in [6, 6.07) is 12.6. The van der Waals surface area contributed by atoms with Crippen LogP contribution in [0.4, 0.5) is 11.4 Å². The van der Waals surface area contributed by atoms with Crippen molar-refractivity contribution in [3.63, 3.8) is 0 Å². The van der Waals surface area contributed by atoms with Crippen molar-refractivity contribution in [3.05, 3.63) is 72.3 Å². The van der Waals surface area contributed by atoms with Crippen LogP contribution in [0.3, 0.4) is 0 Å². The predicted octanol–water partition coefficient (Wildman–Crippen LogP) is 7.22. The van der Waals surface area contributed by atoms with Crippen LogP contribution in [0.25, 0.3) is 6.08 Å². The number of unbranched alkanes of at least 4 members (excludes halogenated alkanes) is 3. The third kappa shape index (κ3) is 11.4. The van der Waals surface area contributed by atoms with E-state index in [1.165, 1.54) is 6.08 Å². The molecule has 1 atom stereocenters. The zero-order valence-electron chi connectivity index (χ0n) is 24.4. The van der Waals surface area contributed by atoms with E-state index >= 15 is 0 Å². The van der Waals surface area contributed by atoms with Crippen LogP contribution < -0.4 is 16.2 Å². The number of hydrogen-bond donors (Lipinski definition) is 2. The van der Waals surface area contributed by atoms with Crippen LogP contribution in [0.15, 0.2) is 61.2 Å². The van der Waals surface area contributed by atoms with Gasteiger partial charge in [-0.1, -0.05) is 38.0 Å². The quantitative estimate of drug-likeness (QED) is 0.0554. The fourth-order valence-corrected chi connectivity index (χ4v) is 5.08. The molecule has 1 saturated carbocycles. The van der Waals surface area contributed by atoms with Gasteiger partial charge < -0.3 is 25.7 Å². The lowest BCUT2D eigenvalue weighted by atomic mass is 9.87. The Morgan fingerprint density at radius 1 is 1.00 bits per heavy atom. The van der Waals surface area contributed by atoms with Crippen molar-refractivity contribution in [2.75, 3.05) is 24.7 Å². The number of ether oxygens (including phenoxy) is 3. The average molecular weight is 563 g/mol. The monoisotopic (exact) mass is 562 g/mol. The molecular weight excluding hydrogens is 516 g/mol. The van der Waals surface area contributed by atoms with Crippen LogP contribution in [0.5, 0.6) is 5.75 Å². The van der Waals surface area contributed by atoms with Gasteiger partial charge >= 0.3 is 11.9 Å². The first kappa shape index (κ1) is 31.9. The highest BCUT2D eigenvalue weighted by Gasteiger charge is 2.28. The summed E-state index contributed by atoms with van der Waals surface area (Å²) < 4.78 is 17.1. The van der Waals surface area contributed by atoms with Crippen molar-refractivity contribution < 1.29 is 23.8 Å². The van der Waals surface area contributed by atoms with Crippen molar-refractivity contribution in [3.8, 4) is 5.75 Å². The maximum Gasteiger partial charge on any atom is 0.330 e. The van der Waals surface area contributed by atoms with Crippen LogP contribution in [0, 0.1) is 5.92 Å². The highest BCUT2D eigenvalue weighted by Crippen LogP contribution is 2.29. The molecule has 0 aromatic heterocycles. The molecule has 7 heteroatoms. The number of rotatable bonds is 16. The molecule has 0 radical (unpaired) electrons. The van der Waals surface area contributed by atoms with Crippen molar-refractivity contribution >= 4 is 29.4 Å². The van der Waals surface area contributed by atoms with Crippen LogP contribution in [-0.4, -0.2) is 31.3 Å². The second kappa shape index (κ2) is 17.3. The van der Waals surface area contributed by atoms with Crippen LogP contribution >= 0.6 is 0 Å². The molecule has 3 rings (SSSR count). The lowest BCUT2D eigenvalue weighted by Crippen LogP contribution is -2.29.